The normalized spacial score (nSPS) is 22.1. The first-order valence-corrected chi connectivity index (χ1v) is 7.37. The minimum Gasteiger partial charge on any atom is -0.381 e. The van der Waals surface area contributed by atoms with Gasteiger partial charge in [0.15, 0.2) is 0 Å². The Morgan fingerprint density at radius 3 is 2.88 bits per heavy atom. The Labute approximate surface area is 102 Å². The average molecular weight is 262 g/mol. The van der Waals surface area contributed by atoms with Crippen molar-refractivity contribution in [2.24, 2.45) is 4.99 Å². The summed E-state index contributed by atoms with van der Waals surface area (Å²) >= 11 is 0. The molecule has 0 aromatic carbocycles. The average Bonchev–Trinajstić information content (AvgIpc) is 2.30. The van der Waals surface area contributed by atoms with Crippen LogP contribution < -0.4 is 0 Å². The van der Waals surface area contributed by atoms with Crippen LogP contribution in [0.2, 0.25) is 0 Å². The first-order chi connectivity index (χ1) is 8.11. The van der Waals surface area contributed by atoms with Crippen LogP contribution in [-0.2, 0) is 19.6 Å². The number of hydrogen-bond acceptors (Lipinski definition) is 5. The molecule has 1 saturated heterocycles. The third-order valence-corrected chi connectivity index (χ3v) is 4.50. The summed E-state index contributed by atoms with van der Waals surface area (Å²) in [5.41, 5.74) is 0. The van der Waals surface area contributed by atoms with Crippen molar-refractivity contribution in [3.63, 3.8) is 0 Å². The molecule has 1 fully saturated rings. The molecule has 6 nitrogen and oxygen atoms in total. The first-order valence-electron chi connectivity index (χ1n) is 5.76. The van der Waals surface area contributed by atoms with Crippen molar-refractivity contribution in [3.8, 4) is 0 Å². The maximum atomic E-state index is 12.0. The van der Waals surface area contributed by atoms with Gasteiger partial charge in [-0.2, -0.15) is 9.30 Å². The van der Waals surface area contributed by atoms with Gasteiger partial charge in [0.05, 0.1) is 12.4 Å². The molecule has 98 valence electrons. The number of carbonyl (C=O) groups excluding carboxylic acids is 1. The molecule has 7 heteroatoms. The highest BCUT2D eigenvalue weighted by molar-refractivity contribution is 7.89. The first kappa shape index (κ1) is 14.3. The highest BCUT2D eigenvalue weighted by Crippen LogP contribution is 2.21. The van der Waals surface area contributed by atoms with E-state index in [4.69, 9.17) is 4.74 Å². The lowest BCUT2D eigenvalue weighted by Crippen LogP contribution is -2.44. The fourth-order valence-corrected chi connectivity index (χ4v) is 3.32. The van der Waals surface area contributed by atoms with Crippen LogP contribution in [-0.4, -0.2) is 50.5 Å². The third kappa shape index (κ3) is 4.20. The lowest BCUT2D eigenvalue weighted by molar-refractivity contribution is 0.161. The topological polar surface area (TPSA) is 76.0 Å². The monoisotopic (exact) mass is 262 g/mol. The molecule has 0 amide bonds. The molecule has 1 aliphatic heterocycles. The molecule has 1 heterocycles. The van der Waals surface area contributed by atoms with Gasteiger partial charge in [0.25, 0.3) is 0 Å². The summed E-state index contributed by atoms with van der Waals surface area (Å²) in [6, 6.07) is 0. The summed E-state index contributed by atoms with van der Waals surface area (Å²) in [6.07, 6.45) is 3.14. The molecular weight excluding hydrogens is 244 g/mol. The molecule has 1 rings (SSSR count). The number of sulfonamides is 1. The maximum Gasteiger partial charge on any atom is 0.236 e. The van der Waals surface area contributed by atoms with Crippen LogP contribution >= 0.6 is 0 Å². The summed E-state index contributed by atoms with van der Waals surface area (Å²) in [5.74, 6) is -0.0638. The number of nitrogens with zero attached hydrogens (tertiary/aromatic N) is 2. The van der Waals surface area contributed by atoms with Crippen LogP contribution in [0.3, 0.4) is 0 Å². The lowest BCUT2D eigenvalue weighted by atomic mass is 10.1. The van der Waals surface area contributed by atoms with Gasteiger partial charge in [0, 0.05) is 13.2 Å². The largest absolute Gasteiger partial charge is 0.381 e. The Hall–Kier alpha value is -0.750. The quantitative estimate of drug-likeness (QED) is 0.397. The third-order valence-electron chi connectivity index (χ3n) is 2.67. The number of hydrogen-bond donors (Lipinski definition) is 0. The Balaban J connectivity index is 2.69. The molecule has 0 saturated carbocycles. The molecule has 0 spiro atoms. The van der Waals surface area contributed by atoms with Crippen LogP contribution in [0.25, 0.3) is 0 Å². The van der Waals surface area contributed by atoms with Crippen molar-refractivity contribution in [2.75, 3.05) is 25.5 Å². The minimum absolute atomic E-state index is 0.0638. The zero-order valence-corrected chi connectivity index (χ0v) is 10.8. The smallest absolute Gasteiger partial charge is 0.236 e. The molecule has 0 aromatic rings. The van der Waals surface area contributed by atoms with E-state index < -0.39 is 16.2 Å². The lowest BCUT2D eigenvalue weighted by Gasteiger charge is -2.30. The molecule has 1 atom stereocenters. The van der Waals surface area contributed by atoms with Crippen LogP contribution in [0.15, 0.2) is 4.99 Å². The van der Waals surface area contributed by atoms with Crippen molar-refractivity contribution in [3.05, 3.63) is 0 Å². The predicted octanol–water partition coefficient (Wildman–Crippen LogP) is 0.500. The highest BCUT2D eigenvalue weighted by Gasteiger charge is 2.31. The van der Waals surface area contributed by atoms with Crippen molar-refractivity contribution in [1.29, 1.82) is 0 Å². The maximum absolute atomic E-state index is 12.0. The molecule has 0 aromatic heterocycles. The number of isocyanates is 1. The van der Waals surface area contributed by atoms with E-state index in [1.165, 1.54) is 10.4 Å². The van der Waals surface area contributed by atoms with Gasteiger partial charge < -0.3 is 4.74 Å². The second-order valence-corrected chi connectivity index (χ2v) is 5.86. The van der Waals surface area contributed by atoms with E-state index in [1.54, 1.807) is 0 Å². The fraction of sp³-hybridized carbons (Fsp3) is 0.900. The van der Waals surface area contributed by atoms with Gasteiger partial charge in [0.2, 0.25) is 16.1 Å². The molecule has 0 bridgehead atoms. The highest BCUT2D eigenvalue weighted by atomic mass is 32.2. The zero-order chi connectivity index (χ0) is 12.7. The number of piperidine rings is 1. The predicted molar refractivity (Wildman–Crippen MR) is 62.7 cm³/mol. The van der Waals surface area contributed by atoms with Crippen LogP contribution in [0.5, 0.6) is 0 Å². The second kappa shape index (κ2) is 6.86. The zero-order valence-electron chi connectivity index (χ0n) is 9.96. The second-order valence-electron chi connectivity index (χ2n) is 3.82. The van der Waals surface area contributed by atoms with Gasteiger partial charge in [-0.3, -0.25) is 0 Å². The minimum atomic E-state index is -3.39. The van der Waals surface area contributed by atoms with Crippen molar-refractivity contribution in [1.82, 2.24) is 4.31 Å². The van der Waals surface area contributed by atoms with Gasteiger partial charge in [-0.1, -0.05) is 0 Å². The van der Waals surface area contributed by atoms with Gasteiger partial charge in [-0.15, -0.1) is 0 Å². The van der Waals surface area contributed by atoms with E-state index in [2.05, 4.69) is 4.99 Å². The van der Waals surface area contributed by atoms with Crippen LogP contribution in [0.4, 0.5) is 0 Å². The Morgan fingerprint density at radius 2 is 2.24 bits per heavy atom. The Morgan fingerprint density at radius 1 is 1.47 bits per heavy atom. The number of aliphatic imine (C=N–C) groups is 1. The molecule has 1 aliphatic rings. The SMILES string of the molecule is CCOCCS(=O)(=O)N1CCCCC1N=C=O. The van der Waals surface area contributed by atoms with Gasteiger partial charge >= 0.3 is 0 Å². The number of rotatable bonds is 6. The van der Waals surface area contributed by atoms with Crippen molar-refractivity contribution < 1.29 is 17.9 Å². The van der Waals surface area contributed by atoms with E-state index in [-0.39, 0.29) is 12.4 Å². The van der Waals surface area contributed by atoms with Crippen LogP contribution in [0, 0.1) is 0 Å². The van der Waals surface area contributed by atoms with E-state index in [0.717, 1.165) is 12.8 Å². The summed E-state index contributed by atoms with van der Waals surface area (Å²) in [5, 5.41) is 0. The summed E-state index contributed by atoms with van der Waals surface area (Å²) < 4.78 is 30.3. The molecule has 0 radical (unpaired) electrons. The van der Waals surface area contributed by atoms with Gasteiger partial charge in [-0.25, -0.2) is 13.2 Å². The van der Waals surface area contributed by atoms with Crippen molar-refractivity contribution >= 4 is 16.1 Å². The van der Waals surface area contributed by atoms with Gasteiger partial charge in [-0.05, 0) is 26.2 Å². The summed E-state index contributed by atoms with van der Waals surface area (Å²) in [6.45, 7) is 2.90. The summed E-state index contributed by atoms with van der Waals surface area (Å²) in [7, 11) is -3.39. The fourth-order valence-electron chi connectivity index (χ4n) is 1.83. The standard InChI is InChI=1S/C10H18N2O4S/c1-2-16-7-8-17(14,15)12-6-4-3-5-10(12)11-9-13/h10H,2-8H2,1H3. The molecule has 1 unspecified atom stereocenters. The van der Waals surface area contributed by atoms with E-state index in [0.29, 0.717) is 19.6 Å². The molecular formula is C10H18N2O4S. The molecule has 17 heavy (non-hydrogen) atoms. The van der Waals surface area contributed by atoms with E-state index >= 15 is 0 Å². The Bertz CT molecular complexity index is 376. The van der Waals surface area contributed by atoms with Crippen LogP contribution in [0.1, 0.15) is 26.2 Å². The molecule has 0 N–H and O–H groups in total. The van der Waals surface area contributed by atoms with E-state index in [1.807, 2.05) is 6.92 Å². The number of ether oxygens (including phenoxy) is 1. The molecule has 0 aliphatic carbocycles. The summed E-state index contributed by atoms with van der Waals surface area (Å²) in [4.78, 5) is 13.8. The van der Waals surface area contributed by atoms with Crippen molar-refractivity contribution in [2.45, 2.75) is 32.4 Å². The van der Waals surface area contributed by atoms with Gasteiger partial charge in [0.1, 0.15) is 6.17 Å². The van der Waals surface area contributed by atoms with E-state index in [9.17, 15) is 13.2 Å². The Kier molecular flexibility index (Phi) is 5.77.